The zero-order valence-corrected chi connectivity index (χ0v) is 17.5. The molecule has 2 saturated heterocycles. The van der Waals surface area contributed by atoms with Gasteiger partial charge in [-0.25, -0.2) is 9.78 Å². The first-order valence-corrected chi connectivity index (χ1v) is 10.5. The average molecular weight is 468 g/mol. The molecule has 0 bridgehead atoms. The van der Waals surface area contributed by atoms with Crippen molar-refractivity contribution >= 4 is 17.7 Å². The van der Waals surface area contributed by atoms with E-state index in [0.29, 0.717) is 36.5 Å². The van der Waals surface area contributed by atoms with E-state index < -0.39 is 12.1 Å². The number of rotatable bonds is 5. The van der Waals surface area contributed by atoms with Gasteiger partial charge in [-0.15, -0.1) is 0 Å². The minimum atomic E-state index is -5.08. The molecule has 3 atom stereocenters. The van der Waals surface area contributed by atoms with E-state index in [4.69, 9.17) is 19.2 Å². The number of carboxylic acids is 1. The normalized spacial score (nSPS) is 24.1. The quantitative estimate of drug-likeness (QED) is 0.688. The topological polar surface area (TPSA) is 118 Å². The summed E-state index contributed by atoms with van der Waals surface area (Å²) in [5, 5.41) is 14.5. The van der Waals surface area contributed by atoms with Gasteiger partial charge >= 0.3 is 12.1 Å². The molecular formula is C21H23F3N4O5. The van der Waals surface area contributed by atoms with Gasteiger partial charge in [0, 0.05) is 49.7 Å². The van der Waals surface area contributed by atoms with Crippen molar-refractivity contribution in [3.63, 3.8) is 0 Å². The number of hydrogen-bond acceptors (Lipinski definition) is 7. The van der Waals surface area contributed by atoms with Crippen LogP contribution in [0.2, 0.25) is 0 Å². The van der Waals surface area contributed by atoms with Crippen LogP contribution in [0.25, 0.3) is 0 Å². The second kappa shape index (κ2) is 9.38. The van der Waals surface area contributed by atoms with Crippen LogP contribution in [0, 0.1) is 11.8 Å². The van der Waals surface area contributed by atoms with E-state index in [-0.39, 0.29) is 12.0 Å². The summed E-state index contributed by atoms with van der Waals surface area (Å²) in [6, 6.07) is 7.64. The van der Waals surface area contributed by atoms with Crippen LogP contribution < -0.4 is 5.32 Å². The number of ether oxygens (including phenoxy) is 1. The van der Waals surface area contributed by atoms with E-state index in [1.54, 1.807) is 6.20 Å². The summed E-state index contributed by atoms with van der Waals surface area (Å²) in [6.07, 6.45) is -0.922. The van der Waals surface area contributed by atoms with E-state index >= 15 is 0 Å². The van der Waals surface area contributed by atoms with Gasteiger partial charge in [0.05, 0.1) is 12.7 Å². The SMILES string of the molecule is O=C(O)C(F)(F)F.O=C(c1cc(C2CC2)on1)N1C[C@@H]2[C@@H](CNc3ccccn3)CO[C@@H]2C1. The number of amides is 1. The van der Waals surface area contributed by atoms with Gasteiger partial charge in [0.15, 0.2) is 5.69 Å². The summed E-state index contributed by atoms with van der Waals surface area (Å²) in [5.74, 6) is 0.109. The van der Waals surface area contributed by atoms with Gasteiger partial charge in [0.2, 0.25) is 0 Å². The number of fused-ring (bicyclic) bond motifs is 1. The smallest absolute Gasteiger partial charge is 0.475 e. The molecule has 2 aromatic heterocycles. The number of hydrogen-bond donors (Lipinski definition) is 2. The van der Waals surface area contributed by atoms with Crippen molar-refractivity contribution in [1.29, 1.82) is 0 Å². The van der Waals surface area contributed by atoms with Crippen molar-refractivity contribution in [3.05, 3.63) is 41.9 Å². The summed E-state index contributed by atoms with van der Waals surface area (Å²) in [4.78, 5) is 27.8. The molecule has 0 aromatic carbocycles. The van der Waals surface area contributed by atoms with Gasteiger partial charge in [-0.05, 0) is 25.0 Å². The predicted octanol–water partition coefficient (Wildman–Crippen LogP) is 2.78. The summed E-state index contributed by atoms with van der Waals surface area (Å²) < 4.78 is 43.0. The molecule has 9 nitrogen and oxygen atoms in total. The van der Waals surface area contributed by atoms with Crippen molar-refractivity contribution in [2.24, 2.45) is 11.8 Å². The summed E-state index contributed by atoms with van der Waals surface area (Å²) in [6.45, 7) is 2.88. The van der Waals surface area contributed by atoms with Gasteiger partial charge < -0.3 is 24.6 Å². The Morgan fingerprint density at radius 1 is 1.24 bits per heavy atom. The first-order valence-electron chi connectivity index (χ1n) is 10.5. The Balaban J connectivity index is 0.000000325. The monoisotopic (exact) mass is 468 g/mol. The Kier molecular flexibility index (Phi) is 6.54. The molecule has 178 valence electrons. The highest BCUT2D eigenvalue weighted by molar-refractivity contribution is 5.92. The standard InChI is InChI=1S/C19H22N4O3.C2HF3O2/c24-19(15-7-16(26-22-15)12-4-5-12)23-9-14-13(11-25-17(14)10-23)8-21-18-3-1-2-6-20-18;3-2(4,5)1(6)7/h1-3,6-7,12-14,17H,4-5,8-11H2,(H,20,21);(H,6,7)/t13-,14+,17+;/m0./s1. The third-order valence-electron chi connectivity index (χ3n) is 5.91. The highest BCUT2D eigenvalue weighted by atomic mass is 19.4. The summed E-state index contributed by atoms with van der Waals surface area (Å²) in [5.41, 5.74) is 0.426. The molecule has 2 N–H and O–H groups in total. The maximum atomic E-state index is 12.7. The van der Waals surface area contributed by atoms with E-state index in [1.807, 2.05) is 29.2 Å². The number of pyridine rings is 1. The maximum Gasteiger partial charge on any atom is 0.490 e. The van der Waals surface area contributed by atoms with Crippen LogP contribution in [0.15, 0.2) is 35.0 Å². The molecule has 0 unspecified atom stereocenters. The fraction of sp³-hybridized carbons (Fsp3) is 0.524. The lowest BCUT2D eigenvalue weighted by Gasteiger charge is -2.19. The molecule has 0 radical (unpaired) electrons. The number of aliphatic carboxylic acids is 1. The molecule has 3 fully saturated rings. The molecule has 4 heterocycles. The molecular weight excluding hydrogens is 445 g/mol. The largest absolute Gasteiger partial charge is 0.490 e. The molecule has 12 heteroatoms. The number of carboxylic acid groups (broad SMARTS) is 1. The Hall–Kier alpha value is -3.15. The number of likely N-dealkylation sites (tertiary alicyclic amines) is 1. The van der Waals surface area contributed by atoms with Crippen LogP contribution in [0.5, 0.6) is 0 Å². The van der Waals surface area contributed by atoms with Crippen molar-refractivity contribution in [3.8, 4) is 0 Å². The van der Waals surface area contributed by atoms with Gasteiger partial charge in [0.25, 0.3) is 5.91 Å². The molecule has 1 amide bonds. The van der Waals surface area contributed by atoms with E-state index in [0.717, 1.165) is 37.6 Å². The minimum absolute atomic E-state index is 0.0462. The zero-order valence-electron chi connectivity index (χ0n) is 17.5. The molecule has 2 aromatic rings. The lowest BCUT2D eigenvalue weighted by Crippen LogP contribution is -2.32. The Bertz CT molecular complexity index is 980. The summed E-state index contributed by atoms with van der Waals surface area (Å²) >= 11 is 0. The van der Waals surface area contributed by atoms with Gasteiger partial charge in [-0.3, -0.25) is 4.79 Å². The van der Waals surface area contributed by atoms with Gasteiger partial charge in [0.1, 0.15) is 11.6 Å². The number of aromatic nitrogens is 2. The highest BCUT2D eigenvalue weighted by Crippen LogP contribution is 2.40. The van der Waals surface area contributed by atoms with Crippen molar-refractivity contribution in [1.82, 2.24) is 15.0 Å². The van der Waals surface area contributed by atoms with E-state index in [2.05, 4.69) is 15.5 Å². The van der Waals surface area contributed by atoms with Crippen LogP contribution in [0.4, 0.5) is 19.0 Å². The van der Waals surface area contributed by atoms with Crippen LogP contribution in [-0.2, 0) is 9.53 Å². The number of halogens is 3. The number of carbonyl (C=O) groups excluding carboxylic acids is 1. The second-order valence-electron chi connectivity index (χ2n) is 8.29. The zero-order chi connectivity index (χ0) is 23.6. The van der Waals surface area contributed by atoms with Crippen LogP contribution in [-0.4, -0.2) is 70.5 Å². The molecule has 33 heavy (non-hydrogen) atoms. The third-order valence-corrected chi connectivity index (χ3v) is 5.91. The van der Waals surface area contributed by atoms with Gasteiger partial charge in [-0.1, -0.05) is 11.2 Å². The maximum absolute atomic E-state index is 12.7. The molecule has 1 saturated carbocycles. The van der Waals surface area contributed by atoms with Crippen molar-refractivity contribution < 1.29 is 37.1 Å². The molecule has 3 aliphatic rings. The first-order chi connectivity index (χ1) is 15.7. The molecule has 2 aliphatic heterocycles. The first kappa shape index (κ1) is 23.0. The fourth-order valence-corrected chi connectivity index (χ4v) is 3.99. The number of alkyl halides is 3. The van der Waals surface area contributed by atoms with Crippen molar-refractivity contribution in [2.75, 3.05) is 31.6 Å². The number of anilines is 1. The lowest BCUT2D eigenvalue weighted by atomic mass is 9.93. The molecule has 0 spiro atoms. The lowest BCUT2D eigenvalue weighted by molar-refractivity contribution is -0.192. The number of nitrogens with zero attached hydrogens (tertiary/aromatic N) is 3. The fourth-order valence-electron chi connectivity index (χ4n) is 3.99. The van der Waals surface area contributed by atoms with Crippen molar-refractivity contribution in [2.45, 2.75) is 31.0 Å². The van der Waals surface area contributed by atoms with Crippen LogP contribution in [0.3, 0.4) is 0 Å². The van der Waals surface area contributed by atoms with E-state index in [1.165, 1.54) is 0 Å². The van der Waals surface area contributed by atoms with Crippen LogP contribution >= 0.6 is 0 Å². The Morgan fingerprint density at radius 2 is 2.00 bits per heavy atom. The molecule has 1 aliphatic carbocycles. The number of nitrogens with one attached hydrogen (secondary N) is 1. The molecule has 5 rings (SSSR count). The minimum Gasteiger partial charge on any atom is -0.475 e. The summed E-state index contributed by atoms with van der Waals surface area (Å²) in [7, 11) is 0. The Labute approximate surface area is 186 Å². The highest BCUT2D eigenvalue weighted by Gasteiger charge is 2.45. The second-order valence-corrected chi connectivity index (χ2v) is 8.29. The van der Waals surface area contributed by atoms with Gasteiger partial charge in [-0.2, -0.15) is 13.2 Å². The van der Waals surface area contributed by atoms with Crippen LogP contribution in [0.1, 0.15) is 35.0 Å². The van der Waals surface area contributed by atoms with E-state index in [9.17, 15) is 18.0 Å². The predicted molar refractivity (Wildman–Crippen MR) is 108 cm³/mol. The number of carbonyl (C=O) groups is 2. The average Bonchev–Trinajstić information content (AvgIpc) is 3.20. The third kappa shape index (κ3) is 5.62. The Morgan fingerprint density at radius 3 is 2.64 bits per heavy atom.